The standard InChI is InChI=1S/C9H9FN4O2S/c10-8-3-7(17(12,15)16)1-2-9(8)14-5-6(11)4-13-14/h1-5H,11H2,(H2,12,15,16). The molecule has 2 rings (SSSR count). The van der Waals surface area contributed by atoms with Crippen molar-refractivity contribution in [1.29, 1.82) is 0 Å². The molecule has 2 aromatic rings. The average Bonchev–Trinajstić information content (AvgIpc) is 2.63. The first kappa shape index (κ1) is 11.6. The van der Waals surface area contributed by atoms with E-state index in [9.17, 15) is 12.8 Å². The van der Waals surface area contributed by atoms with Crippen LogP contribution in [0.3, 0.4) is 0 Å². The molecule has 1 heterocycles. The number of nitrogens with zero attached hydrogens (tertiary/aromatic N) is 2. The van der Waals surface area contributed by atoms with E-state index >= 15 is 0 Å². The van der Waals surface area contributed by atoms with E-state index in [0.29, 0.717) is 5.69 Å². The molecule has 17 heavy (non-hydrogen) atoms. The summed E-state index contributed by atoms with van der Waals surface area (Å²) in [5, 5.41) is 8.69. The summed E-state index contributed by atoms with van der Waals surface area (Å²) < 4.78 is 36.9. The second kappa shape index (κ2) is 3.82. The molecule has 0 aliphatic rings. The molecule has 0 aliphatic heterocycles. The third-order valence-electron chi connectivity index (χ3n) is 2.10. The third kappa shape index (κ3) is 2.27. The van der Waals surface area contributed by atoms with Gasteiger partial charge < -0.3 is 5.73 Å². The molecule has 0 radical (unpaired) electrons. The van der Waals surface area contributed by atoms with Gasteiger partial charge in [0.05, 0.1) is 23.0 Å². The number of hydrogen-bond acceptors (Lipinski definition) is 4. The predicted molar refractivity (Wildman–Crippen MR) is 59.3 cm³/mol. The van der Waals surface area contributed by atoms with Gasteiger partial charge in [0.1, 0.15) is 11.5 Å². The Kier molecular flexibility index (Phi) is 2.60. The van der Waals surface area contributed by atoms with E-state index in [-0.39, 0.29) is 10.6 Å². The highest BCUT2D eigenvalue weighted by Gasteiger charge is 2.12. The van der Waals surface area contributed by atoms with Gasteiger partial charge in [0.2, 0.25) is 10.0 Å². The topological polar surface area (TPSA) is 104 Å². The number of sulfonamides is 1. The third-order valence-corrected chi connectivity index (χ3v) is 3.01. The molecule has 0 amide bonds. The molecule has 90 valence electrons. The Balaban J connectivity index is 2.53. The Bertz CT molecular complexity index is 665. The number of aromatic nitrogens is 2. The molecule has 0 bridgehead atoms. The zero-order valence-corrected chi connectivity index (χ0v) is 9.36. The first-order valence-electron chi connectivity index (χ1n) is 4.51. The van der Waals surface area contributed by atoms with Gasteiger partial charge in [0, 0.05) is 0 Å². The Morgan fingerprint density at radius 2 is 2.06 bits per heavy atom. The van der Waals surface area contributed by atoms with Gasteiger partial charge in [-0.2, -0.15) is 5.10 Å². The second-order valence-electron chi connectivity index (χ2n) is 3.38. The van der Waals surface area contributed by atoms with Gasteiger partial charge in [-0.25, -0.2) is 22.6 Å². The molecule has 0 saturated carbocycles. The molecule has 4 N–H and O–H groups in total. The molecule has 0 aliphatic carbocycles. The first-order valence-corrected chi connectivity index (χ1v) is 6.05. The van der Waals surface area contributed by atoms with Gasteiger partial charge in [-0.3, -0.25) is 0 Å². The fourth-order valence-corrected chi connectivity index (χ4v) is 1.84. The monoisotopic (exact) mass is 256 g/mol. The minimum atomic E-state index is -3.91. The number of nitrogen functional groups attached to an aromatic ring is 1. The lowest BCUT2D eigenvalue weighted by Crippen LogP contribution is -2.13. The van der Waals surface area contributed by atoms with Crippen LogP contribution >= 0.6 is 0 Å². The van der Waals surface area contributed by atoms with Gasteiger partial charge >= 0.3 is 0 Å². The van der Waals surface area contributed by atoms with Crippen LogP contribution in [0.2, 0.25) is 0 Å². The Morgan fingerprint density at radius 1 is 1.35 bits per heavy atom. The maximum absolute atomic E-state index is 13.7. The van der Waals surface area contributed by atoms with Crippen LogP contribution in [0.5, 0.6) is 0 Å². The highest BCUT2D eigenvalue weighted by Crippen LogP contribution is 2.17. The summed E-state index contributed by atoms with van der Waals surface area (Å²) in [6, 6.07) is 3.30. The normalized spacial score (nSPS) is 11.6. The van der Waals surface area contributed by atoms with Crippen molar-refractivity contribution in [3.8, 4) is 5.69 Å². The number of benzene rings is 1. The molecule has 0 saturated heterocycles. The fourth-order valence-electron chi connectivity index (χ4n) is 1.32. The maximum atomic E-state index is 13.7. The Hall–Kier alpha value is -1.93. The number of nitrogens with two attached hydrogens (primary N) is 2. The molecule has 0 unspecified atom stereocenters. The van der Waals surface area contributed by atoms with Crippen molar-refractivity contribution in [3.63, 3.8) is 0 Å². The zero-order valence-electron chi connectivity index (χ0n) is 8.54. The average molecular weight is 256 g/mol. The molecule has 0 atom stereocenters. The summed E-state index contributed by atoms with van der Waals surface area (Å²) in [5.41, 5.74) is 5.91. The summed E-state index contributed by atoms with van der Waals surface area (Å²) in [6.07, 6.45) is 2.77. The van der Waals surface area contributed by atoms with Crippen molar-refractivity contribution in [2.75, 3.05) is 5.73 Å². The molecule has 1 aromatic carbocycles. The smallest absolute Gasteiger partial charge is 0.238 e. The number of rotatable bonds is 2. The van der Waals surface area contributed by atoms with E-state index in [4.69, 9.17) is 10.9 Å². The highest BCUT2D eigenvalue weighted by atomic mass is 32.2. The summed E-state index contributed by atoms with van der Waals surface area (Å²) in [5.74, 6) is -0.750. The van der Waals surface area contributed by atoms with E-state index in [1.54, 1.807) is 0 Å². The minimum absolute atomic E-state index is 0.0918. The molecule has 0 spiro atoms. The van der Waals surface area contributed by atoms with Crippen LogP contribution in [0, 0.1) is 5.82 Å². The number of halogens is 1. The predicted octanol–water partition coefficient (Wildman–Crippen LogP) is 0.241. The molecule has 0 fully saturated rings. The molecule has 8 heteroatoms. The van der Waals surface area contributed by atoms with Gasteiger partial charge in [0.15, 0.2) is 0 Å². The lowest BCUT2D eigenvalue weighted by atomic mass is 10.3. The lowest BCUT2D eigenvalue weighted by Gasteiger charge is -2.04. The van der Waals surface area contributed by atoms with E-state index < -0.39 is 15.8 Å². The van der Waals surface area contributed by atoms with Gasteiger partial charge in [-0.1, -0.05) is 0 Å². The van der Waals surface area contributed by atoms with E-state index in [0.717, 1.165) is 6.07 Å². The van der Waals surface area contributed by atoms with Gasteiger partial charge in [0.25, 0.3) is 0 Å². The van der Waals surface area contributed by atoms with Crippen LogP contribution in [-0.4, -0.2) is 18.2 Å². The van der Waals surface area contributed by atoms with Crippen molar-refractivity contribution < 1.29 is 12.8 Å². The van der Waals surface area contributed by atoms with E-state index in [2.05, 4.69) is 5.10 Å². The van der Waals surface area contributed by atoms with Gasteiger partial charge in [-0.15, -0.1) is 0 Å². The minimum Gasteiger partial charge on any atom is -0.396 e. The van der Waals surface area contributed by atoms with Crippen molar-refractivity contribution >= 4 is 15.7 Å². The zero-order chi connectivity index (χ0) is 12.6. The van der Waals surface area contributed by atoms with E-state index in [1.165, 1.54) is 29.2 Å². The first-order chi connectivity index (χ1) is 7.88. The molecular formula is C9H9FN4O2S. The van der Waals surface area contributed by atoms with Crippen LogP contribution < -0.4 is 10.9 Å². The van der Waals surface area contributed by atoms with Crippen molar-refractivity contribution in [2.45, 2.75) is 4.90 Å². The fraction of sp³-hybridized carbons (Fsp3) is 0. The Morgan fingerprint density at radius 3 is 2.53 bits per heavy atom. The maximum Gasteiger partial charge on any atom is 0.238 e. The molecule has 6 nitrogen and oxygen atoms in total. The molecule has 1 aromatic heterocycles. The quantitative estimate of drug-likeness (QED) is 0.803. The van der Waals surface area contributed by atoms with Crippen LogP contribution in [0.1, 0.15) is 0 Å². The van der Waals surface area contributed by atoms with Gasteiger partial charge in [-0.05, 0) is 18.2 Å². The second-order valence-corrected chi connectivity index (χ2v) is 4.94. The molecular weight excluding hydrogens is 247 g/mol. The highest BCUT2D eigenvalue weighted by molar-refractivity contribution is 7.89. The van der Waals surface area contributed by atoms with E-state index in [1.807, 2.05) is 0 Å². The van der Waals surface area contributed by atoms with Crippen LogP contribution in [0.25, 0.3) is 5.69 Å². The number of primary sulfonamides is 1. The Labute approximate surface area is 96.7 Å². The summed E-state index contributed by atoms with van der Waals surface area (Å²) in [7, 11) is -3.91. The summed E-state index contributed by atoms with van der Waals surface area (Å²) in [6.45, 7) is 0. The summed E-state index contributed by atoms with van der Waals surface area (Å²) in [4.78, 5) is -0.293. The van der Waals surface area contributed by atoms with Crippen LogP contribution in [-0.2, 0) is 10.0 Å². The summed E-state index contributed by atoms with van der Waals surface area (Å²) >= 11 is 0. The van der Waals surface area contributed by atoms with Crippen molar-refractivity contribution in [3.05, 3.63) is 36.4 Å². The van der Waals surface area contributed by atoms with Crippen molar-refractivity contribution in [2.24, 2.45) is 5.14 Å². The van der Waals surface area contributed by atoms with Crippen LogP contribution in [0.15, 0.2) is 35.5 Å². The SMILES string of the molecule is Nc1cnn(-c2ccc(S(N)(=O)=O)cc2F)c1. The number of hydrogen-bond donors (Lipinski definition) is 2. The van der Waals surface area contributed by atoms with Crippen molar-refractivity contribution in [1.82, 2.24) is 9.78 Å². The number of anilines is 1. The lowest BCUT2D eigenvalue weighted by molar-refractivity contribution is 0.588. The van der Waals surface area contributed by atoms with Crippen LogP contribution in [0.4, 0.5) is 10.1 Å². The largest absolute Gasteiger partial charge is 0.396 e.